The lowest BCUT2D eigenvalue weighted by Crippen LogP contribution is -2.13. The molecule has 1 aromatic heterocycles. The lowest BCUT2D eigenvalue weighted by molar-refractivity contribution is 0.102. The van der Waals surface area contributed by atoms with E-state index in [1.54, 1.807) is 30.5 Å². The van der Waals surface area contributed by atoms with Crippen LogP contribution in [0.25, 0.3) is 0 Å². The van der Waals surface area contributed by atoms with Gasteiger partial charge >= 0.3 is 0 Å². The Labute approximate surface area is 117 Å². The summed E-state index contributed by atoms with van der Waals surface area (Å²) in [5.41, 5.74) is 7.03. The summed E-state index contributed by atoms with van der Waals surface area (Å²) in [5.74, 6) is -0.311. The Bertz CT molecular complexity index is 604. The molecular formula is C12H9BrClN3O. The SMILES string of the molecule is Nc1ccc(C(=O)Nc2cccnc2Br)c(Cl)c1. The van der Waals surface area contributed by atoms with E-state index in [1.165, 1.54) is 6.07 Å². The van der Waals surface area contributed by atoms with Gasteiger partial charge in [-0.25, -0.2) is 4.98 Å². The number of hydrogen-bond acceptors (Lipinski definition) is 3. The zero-order valence-corrected chi connectivity index (χ0v) is 11.5. The van der Waals surface area contributed by atoms with E-state index < -0.39 is 0 Å². The van der Waals surface area contributed by atoms with Gasteiger partial charge in [-0.05, 0) is 46.3 Å². The van der Waals surface area contributed by atoms with Crippen LogP contribution < -0.4 is 11.1 Å². The highest BCUT2D eigenvalue weighted by molar-refractivity contribution is 9.10. The first-order valence-electron chi connectivity index (χ1n) is 5.05. The van der Waals surface area contributed by atoms with Gasteiger partial charge in [-0.3, -0.25) is 4.79 Å². The van der Waals surface area contributed by atoms with E-state index in [-0.39, 0.29) is 5.91 Å². The number of nitrogens with one attached hydrogen (secondary N) is 1. The fraction of sp³-hybridized carbons (Fsp3) is 0. The van der Waals surface area contributed by atoms with Crippen molar-refractivity contribution in [3.63, 3.8) is 0 Å². The van der Waals surface area contributed by atoms with Crippen molar-refractivity contribution in [3.8, 4) is 0 Å². The van der Waals surface area contributed by atoms with Crippen LogP contribution in [0.5, 0.6) is 0 Å². The fourth-order valence-electron chi connectivity index (χ4n) is 1.38. The third kappa shape index (κ3) is 2.80. The maximum atomic E-state index is 12.0. The molecule has 0 aliphatic heterocycles. The van der Waals surface area contributed by atoms with Crippen molar-refractivity contribution < 1.29 is 4.79 Å². The number of anilines is 2. The van der Waals surface area contributed by atoms with Crippen LogP contribution in [0, 0.1) is 0 Å². The summed E-state index contributed by atoms with van der Waals surface area (Å²) in [6.07, 6.45) is 1.62. The molecule has 1 heterocycles. The Morgan fingerprint density at radius 3 is 2.83 bits per heavy atom. The van der Waals surface area contributed by atoms with Crippen molar-refractivity contribution >= 4 is 44.8 Å². The Balaban J connectivity index is 2.25. The van der Waals surface area contributed by atoms with Gasteiger partial charge in [0.15, 0.2) is 0 Å². The van der Waals surface area contributed by atoms with E-state index >= 15 is 0 Å². The molecule has 18 heavy (non-hydrogen) atoms. The average Bonchev–Trinajstić information content (AvgIpc) is 2.32. The molecule has 92 valence electrons. The molecule has 2 aromatic rings. The molecule has 4 nitrogen and oxygen atoms in total. The molecule has 0 atom stereocenters. The predicted octanol–water partition coefficient (Wildman–Crippen LogP) is 3.33. The monoisotopic (exact) mass is 325 g/mol. The van der Waals surface area contributed by atoms with Gasteiger partial charge < -0.3 is 11.1 Å². The molecule has 0 spiro atoms. The van der Waals surface area contributed by atoms with E-state index in [0.717, 1.165) is 0 Å². The van der Waals surface area contributed by atoms with Crippen LogP contribution >= 0.6 is 27.5 Å². The quantitative estimate of drug-likeness (QED) is 0.657. The molecule has 0 aliphatic rings. The molecule has 1 amide bonds. The minimum absolute atomic E-state index is 0.311. The van der Waals surface area contributed by atoms with Crippen LogP contribution in [0.1, 0.15) is 10.4 Å². The molecule has 3 N–H and O–H groups in total. The molecule has 0 saturated carbocycles. The zero-order chi connectivity index (χ0) is 13.1. The van der Waals surface area contributed by atoms with Gasteiger partial charge in [-0.2, -0.15) is 0 Å². The third-order valence-electron chi connectivity index (χ3n) is 2.25. The second-order valence-electron chi connectivity index (χ2n) is 3.54. The number of carbonyl (C=O) groups is 1. The fourth-order valence-corrected chi connectivity index (χ4v) is 2.01. The van der Waals surface area contributed by atoms with Gasteiger partial charge in [0.05, 0.1) is 16.3 Å². The highest BCUT2D eigenvalue weighted by atomic mass is 79.9. The van der Waals surface area contributed by atoms with Crippen molar-refractivity contribution in [2.75, 3.05) is 11.1 Å². The molecule has 0 radical (unpaired) electrons. The van der Waals surface area contributed by atoms with Crippen LogP contribution in [0.15, 0.2) is 41.1 Å². The number of nitrogens with zero attached hydrogens (tertiary/aromatic N) is 1. The first kappa shape index (κ1) is 12.9. The minimum atomic E-state index is -0.311. The van der Waals surface area contributed by atoms with Crippen molar-refractivity contribution in [2.24, 2.45) is 0 Å². The van der Waals surface area contributed by atoms with Crippen LogP contribution in [0.4, 0.5) is 11.4 Å². The number of benzene rings is 1. The van der Waals surface area contributed by atoms with Crippen LogP contribution in [0.2, 0.25) is 5.02 Å². The second-order valence-corrected chi connectivity index (χ2v) is 4.69. The number of hydrogen-bond donors (Lipinski definition) is 2. The van der Waals surface area contributed by atoms with Crippen molar-refractivity contribution in [3.05, 3.63) is 51.7 Å². The Morgan fingerprint density at radius 1 is 1.39 bits per heavy atom. The average molecular weight is 327 g/mol. The lowest BCUT2D eigenvalue weighted by atomic mass is 10.2. The third-order valence-corrected chi connectivity index (χ3v) is 3.19. The minimum Gasteiger partial charge on any atom is -0.399 e. The Kier molecular flexibility index (Phi) is 3.84. The summed E-state index contributed by atoms with van der Waals surface area (Å²) < 4.78 is 0.560. The molecule has 0 saturated heterocycles. The normalized spacial score (nSPS) is 10.1. The molecule has 1 aromatic carbocycles. The van der Waals surface area contributed by atoms with Crippen molar-refractivity contribution in [1.82, 2.24) is 4.98 Å². The predicted molar refractivity (Wildman–Crippen MR) is 75.8 cm³/mol. The summed E-state index contributed by atoms with van der Waals surface area (Å²) in [6, 6.07) is 8.20. The highest BCUT2D eigenvalue weighted by Gasteiger charge is 2.12. The zero-order valence-electron chi connectivity index (χ0n) is 9.15. The van der Waals surface area contributed by atoms with E-state index in [1.807, 2.05) is 0 Å². The van der Waals surface area contributed by atoms with Crippen LogP contribution in [-0.4, -0.2) is 10.9 Å². The smallest absolute Gasteiger partial charge is 0.257 e. The Hall–Kier alpha value is -1.59. The maximum absolute atomic E-state index is 12.0. The van der Waals surface area contributed by atoms with Gasteiger partial charge in [0.1, 0.15) is 4.60 Å². The molecule has 6 heteroatoms. The molecule has 0 aliphatic carbocycles. The summed E-state index contributed by atoms with van der Waals surface area (Å²) in [6.45, 7) is 0. The van der Waals surface area contributed by atoms with Crippen molar-refractivity contribution in [1.29, 1.82) is 0 Å². The first-order chi connectivity index (χ1) is 8.58. The summed E-state index contributed by atoms with van der Waals surface area (Å²) in [7, 11) is 0. The van der Waals surface area contributed by atoms with Gasteiger partial charge in [0, 0.05) is 11.9 Å². The van der Waals surface area contributed by atoms with E-state index in [4.69, 9.17) is 17.3 Å². The van der Waals surface area contributed by atoms with Gasteiger partial charge in [0.2, 0.25) is 0 Å². The number of nitrogens with two attached hydrogens (primary N) is 1. The molecule has 2 rings (SSSR count). The first-order valence-corrected chi connectivity index (χ1v) is 6.22. The Morgan fingerprint density at radius 2 is 2.17 bits per heavy atom. The number of amides is 1. The standard InChI is InChI=1S/C12H9BrClN3O/c13-11-10(2-1-5-16-11)17-12(18)8-4-3-7(15)6-9(8)14/h1-6H,15H2,(H,17,18). The van der Waals surface area contributed by atoms with Gasteiger partial charge in [0.25, 0.3) is 5.91 Å². The van der Waals surface area contributed by atoms with E-state index in [9.17, 15) is 4.79 Å². The molecular weight excluding hydrogens is 318 g/mol. The van der Waals surface area contributed by atoms with E-state index in [2.05, 4.69) is 26.2 Å². The van der Waals surface area contributed by atoms with Gasteiger partial charge in [-0.1, -0.05) is 11.6 Å². The number of halogens is 2. The van der Waals surface area contributed by atoms with Crippen LogP contribution in [-0.2, 0) is 0 Å². The van der Waals surface area contributed by atoms with Gasteiger partial charge in [-0.15, -0.1) is 0 Å². The van der Waals surface area contributed by atoms with E-state index in [0.29, 0.717) is 26.6 Å². The number of aromatic nitrogens is 1. The molecule has 0 fully saturated rings. The van der Waals surface area contributed by atoms with Crippen molar-refractivity contribution in [2.45, 2.75) is 0 Å². The topological polar surface area (TPSA) is 68.0 Å². The number of rotatable bonds is 2. The summed E-state index contributed by atoms with van der Waals surface area (Å²) in [5, 5.41) is 3.03. The largest absolute Gasteiger partial charge is 0.399 e. The lowest BCUT2D eigenvalue weighted by Gasteiger charge is -2.08. The maximum Gasteiger partial charge on any atom is 0.257 e. The highest BCUT2D eigenvalue weighted by Crippen LogP contribution is 2.23. The summed E-state index contributed by atoms with van der Waals surface area (Å²) >= 11 is 9.21. The summed E-state index contributed by atoms with van der Waals surface area (Å²) in [4.78, 5) is 16.0. The van der Waals surface area contributed by atoms with Crippen LogP contribution in [0.3, 0.4) is 0 Å². The second kappa shape index (κ2) is 5.37. The number of pyridine rings is 1. The molecule has 0 unspecified atom stereocenters. The number of carbonyl (C=O) groups excluding carboxylic acids is 1. The molecule has 0 bridgehead atoms. The number of nitrogen functional groups attached to an aromatic ring is 1.